The number of carbonyl (C=O) groups excluding carboxylic acids is 1. The van der Waals surface area contributed by atoms with Crippen LogP contribution in [0.25, 0.3) is 0 Å². The maximum Gasteiger partial charge on any atom is 0.248 e. The Labute approximate surface area is 106 Å². The summed E-state index contributed by atoms with van der Waals surface area (Å²) in [6.07, 6.45) is 0.664. The lowest BCUT2D eigenvalue weighted by Crippen LogP contribution is -2.25. The van der Waals surface area contributed by atoms with E-state index in [0.29, 0.717) is 13.0 Å². The summed E-state index contributed by atoms with van der Waals surface area (Å²) in [5.74, 6) is -0.520. The molecule has 0 fully saturated rings. The summed E-state index contributed by atoms with van der Waals surface area (Å²) >= 11 is 0. The number of sulfonamides is 1. The van der Waals surface area contributed by atoms with Crippen LogP contribution in [-0.2, 0) is 10.0 Å². The van der Waals surface area contributed by atoms with E-state index in [2.05, 4.69) is 4.72 Å². The molecule has 0 saturated heterocycles. The average Bonchev–Trinajstić information content (AvgIpc) is 2.35. The molecule has 1 aromatic rings. The van der Waals surface area contributed by atoms with Crippen molar-refractivity contribution in [1.29, 1.82) is 0 Å². The topological polar surface area (TPSA) is 98.5 Å². The summed E-state index contributed by atoms with van der Waals surface area (Å²) in [7, 11) is -2.34. The van der Waals surface area contributed by atoms with Crippen molar-refractivity contribution in [2.75, 3.05) is 13.7 Å². The van der Waals surface area contributed by atoms with Gasteiger partial charge in [0.2, 0.25) is 15.9 Å². The normalized spacial score (nSPS) is 11.2. The molecule has 0 aliphatic carbocycles. The highest BCUT2D eigenvalue weighted by Gasteiger charge is 2.20. The predicted octanol–water partition coefficient (Wildman–Crippen LogP) is 0.482. The lowest BCUT2D eigenvalue weighted by Gasteiger charge is -2.11. The molecule has 0 saturated carbocycles. The zero-order chi connectivity index (χ0) is 13.8. The van der Waals surface area contributed by atoms with E-state index in [1.165, 1.54) is 25.3 Å². The van der Waals surface area contributed by atoms with Crippen molar-refractivity contribution < 1.29 is 17.9 Å². The van der Waals surface area contributed by atoms with Crippen LogP contribution in [0.4, 0.5) is 0 Å². The van der Waals surface area contributed by atoms with Gasteiger partial charge in [0.15, 0.2) is 0 Å². The SMILES string of the molecule is CCCNS(=O)(=O)c1cc(C(N)=O)ccc1OC. The molecule has 3 N–H and O–H groups in total. The van der Waals surface area contributed by atoms with Crippen LogP contribution in [0.15, 0.2) is 23.1 Å². The van der Waals surface area contributed by atoms with Gasteiger partial charge in [-0.3, -0.25) is 4.79 Å². The standard InChI is InChI=1S/C11H16N2O4S/c1-3-6-13-18(15,16)10-7-8(11(12)14)4-5-9(10)17-2/h4-5,7,13H,3,6H2,1-2H3,(H2,12,14). The zero-order valence-corrected chi connectivity index (χ0v) is 11.1. The second kappa shape index (κ2) is 5.83. The Hall–Kier alpha value is -1.60. The highest BCUT2D eigenvalue weighted by Crippen LogP contribution is 2.24. The van der Waals surface area contributed by atoms with Gasteiger partial charge in [-0.25, -0.2) is 13.1 Å². The summed E-state index contributed by atoms with van der Waals surface area (Å²) in [4.78, 5) is 11.0. The monoisotopic (exact) mass is 272 g/mol. The number of primary amides is 1. The number of carbonyl (C=O) groups is 1. The van der Waals surface area contributed by atoms with Crippen LogP contribution in [0.5, 0.6) is 5.75 Å². The van der Waals surface area contributed by atoms with Crippen molar-refractivity contribution >= 4 is 15.9 Å². The molecule has 0 atom stereocenters. The summed E-state index contributed by atoms with van der Waals surface area (Å²) in [5.41, 5.74) is 5.24. The molecule has 6 nitrogen and oxygen atoms in total. The van der Waals surface area contributed by atoms with Crippen LogP contribution in [0.2, 0.25) is 0 Å². The van der Waals surface area contributed by atoms with E-state index in [-0.39, 0.29) is 16.2 Å². The molecule has 1 amide bonds. The summed E-state index contributed by atoms with van der Waals surface area (Å²) < 4.78 is 31.4. The fourth-order valence-electron chi connectivity index (χ4n) is 1.35. The van der Waals surface area contributed by atoms with Crippen LogP contribution < -0.4 is 15.2 Å². The molecule has 1 aromatic carbocycles. The quantitative estimate of drug-likeness (QED) is 0.787. The summed E-state index contributed by atoms with van der Waals surface area (Å²) in [6.45, 7) is 2.16. The van der Waals surface area contributed by atoms with Crippen LogP contribution in [0.1, 0.15) is 23.7 Å². The van der Waals surface area contributed by atoms with Gasteiger partial charge >= 0.3 is 0 Å². The van der Waals surface area contributed by atoms with Crippen LogP contribution in [0, 0.1) is 0 Å². The number of ether oxygens (including phenoxy) is 1. The second-order valence-corrected chi connectivity index (χ2v) is 5.36. The van der Waals surface area contributed by atoms with Gasteiger partial charge in [0.1, 0.15) is 10.6 Å². The molecular formula is C11H16N2O4S. The highest BCUT2D eigenvalue weighted by molar-refractivity contribution is 7.89. The maximum absolute atomic E-state index is 12.0. The molecule has 0 radical (unpaired) electrons. The molecule has 0 aliphatic heterocycles. The molecule has 0 spiro atoms. The molecule has 0 aromatic heterocycles. The molecule has 18 heavy (non-hydrogen) atoms. The number of nitrogens with two attached hydrogens (primary N) is 1. The van der Waals surface area contributed by atoms with E-state index in [0.717, 1.165) is 0 Å². The van der Waals surface area contributed by atoms with Gasteiger partial charge < -0.3 is 10.5 Å². The fourth-order valence-corrected chi connectivity index (χ4v) is 2.68. The number of hydrogen-bond donors (Lipinski definition) is 2. The third kappa shape index (κ3) is 3.21. The first-order valence-corrected chi connectivity index (χ1v) is 6.88. The van der Waals surface area contributed by atoms with E-state index in [1.54, 1.807) is 0 Å². The first kappa shape index (κ1) is 14.5. The Morgan fingerprint density at radius 1 is 1.44 bits per heavy atom. The molecule has 0 bridgehead atoms. The Morgan fingerprint density at radius 2 is 2.11 bits per heavy atom. The molecule has 1 rings (SSSR count). The van der Waals surface area contributed by atoms with Gasteiger partial charge in [0.25, 0.3) is 0 Å². The van der Waals surface area contributed by atoms with Crippen LogP contribution in [-0.4, -0.2) is 28.0 Å². The minimum Gasteiger partial charge on any atom is -0.495 e. The molecule has 0 unspecified atom stereocenters. The number of rotatable bonds is 6. The van der Waals surface area contributed by atoms with Gasteiger partial charge in [0, 0.05) is 12.1 Å². The Kier molecular flexibility index (Phi) is 4.69. The third-order valence-corrected chi connectivity index (χ3v) is 3.76. The van der Waals surface area contributed by atoms with Gasteiger partial charge in [-0.15, -0.1) is 0 Å². The van der Waals surface area contributed by atoms with Crippen molar-refractivity contribution in [3.05, 3.63) is 23.8 Å². The number of hydrogen-bond acceptors (Lipinski definition) is 4. The van der Waals surface area contributed by atoms with Gasteiger partial charge in [0.05, 0.1) is 7.11 Å². The molecule has 7 heteroatoms. The largest absolute Gasteiger partial charge is 0.495 e. The molecule has 0 heterocycles. The van der Waals surface area contributed by atoms with Gasteiger partial charge in [-0.2, -0.15) is 0 Å². The van der Waals surface area contributed by atoms with Crippen molar-refractivity contribution in [1.82, 2.24) is 4.72 Å². The second-order valence-electron chi connectivity index (χ2n) is 3.63. The lowest BCUT2D eigenvalue weighted by molar-refractivity contribution is 0.1000. The Morgan fingerprint density at radius 3 is 2.61 bits per heavy atom. The Bertz CT molecular complexity index is 540. The minimum atomic E-state index is -3.70. The number of benzene rings is 1. The summed E-state index contributed by atoms with van der Waals surface area (Å²) in [5, 5.41) is 0. The molecule has 0 aliphatic rings. The van der Waals surface area contributed by atoms with Crippen molar-refractivity contribution in [2.45, 2.75) is 18.2 Å². The van der Waals surface area contributed by atoms with E-state index in [1.807, 2.05) is 6.92 Å². The predicted molar refractivity (Wildman–Crippen MR) is 67.0 cm³/mol. The first-order valence-electron chi connectivity index (χ1n) is 5.40. The smallest absolute Gasteiger partial charge is 0.248 e. The van der Waals surface area contributed by atoms with E-state index in [9.17, 15) is 13.2 Å². The van der Waals surface area contributed by atoms with E-state index >= 15 is 0 Å². The highest BCUT2D eigenvalue weighted by atomic mass is 32.2. The van der Waals surface area contributed by atoms with Crippen molar-refractivity contribution in [3.8, 4) is 5.75 Å². The van der Waals surface area contributed by atoms with Crippen LogP contribution >= 0.6 is 0 Å². The fraction of sp³-hybridized carbons (Fsp3) is 0.364. The number of amides is 1. The summed E-state index contributed by atoms with van der Waals surface area (Å²) in [6, 6.07) is 4.03. The lowest BCUT2D eigenvalue weighted by atomic mass is 10.2. The van der Waals surface area contributed by atoms with Crippen molar-refractivity contribution in [2.24, 2.45) is 5.73 Å². The Balaban J connectivity index is 3.27. The van der Waals surface area contributed by atoms with Crippen molar-refractivity contribution in [3.63, 3.8) is 0 Å². The van der Waals surface area contributed by atoms with Crippen LogP contribution in [0.3, 0.4) is 0 Å². The van der Waals surface area contributed by atoms with E-state index < -0.39 is 15.9 Å². The van der Waals surface area contributed by atoms with Gasteiger partial charge in [-0.1, -0.05) is 6.92 Å². The first-order chi connectivity index (χ1) is 8.42. The third-order valence-electron chi connectivity index (χ3n) is 2.28. The zero-order valence-electron chi connectivity index (χ0n) is 10.3. The van der Waals surface area contributed by atoms with E-state index in [4.69, 9.17) is 10.5 Å². The minimum absolute atomic E-state index is 0.0882. The number of nitrogens with one attached hydrogen (secondary N) is 1. The maximum atomic E-state index is 12.0. The average molecular weight is 272 g/mol. The number of methoxy groups -OCH3 is 1. The van der Waals surface area contributed by atoms with Gasteiger partial charge in [-0.05, 0) is 24.6 Å². The molecule has 100 valence electrons. The molecular weight excluding hydrogens is 256 g/mol.